The molecule has 1 aromatic carbocycles. The molecule has 0 saturated heterocycles. The van der Waals surface area contributed by atoms with E-state index in [1.165, 1.54) is 0 Å². The van der Waals surface area contributed by atoms with Gasteiger partial charge in [-0.25, -0.2) is 0 Å². The van der Waals surface area contributed by atoms with Gasteiger partial charge in [-0.05, 0) is 37.1 Å². The molecule has 0 saturated carbocycles. The van der Waals surface area contributed by atoms with Gasteiger partial charge in [0, 0.05) is 6.54 Å². The number of rotatable bonds is 8. The molecule has 0 aromatic heterocycles. The molecule has 0 unspecified atom stereocenters. The van der Waals surface area contributed by atoms with Crippen molar-refractivity contribution < 1.29 is 32.6 Å². The van der Waals surface area contributed by atoms with Gasteiger partial charge in [0.1, 0.15) is 5.75 Å². The lowest BCUT2D eigenvalue weighted by atomic mass is 9.82. The van der Waals surface area contributed by atoms with Crippen LogP contribution in [0, 0.1) is 5.41 Å². The number of amides is 1. The average Bonchev–Trinajstić information content (AvgIpc) is 2.53. The molecular weight excluding hydrogens is 327 g/mol. The molecule has 0 fully saturated rings. The first kappa shape index (κ1) is 19.8. The Balaban J connectivity index is 2.53. The van der Waals surface area contributed by atoms with Crippen LogP contribution in [0.4, 0.5) is 13.2 Å². The molecule has 1 amide bonds. The minimum Gasteiger partial charge on any atom is -0.484 e. The number of carbonyl (C=O) groups is 2. The van der Waals surface area contributed by atoms with E-state index >= 15 is 0 Å². The highest BCUT2D eigenvalue weighted by molar-refractivity contribution is 5.80. The SMILES string of the molecule is CCC(CC)(CNC(=O)COc1ccc(C(F)(F)F)cc1)C(=O)O. The van der Waals surface area contributed by atoms with Crippen molar-refractivity contribution in [2.75, 3.05) is 13.2 Å². The number of alkyl halides is 3. The third kappa shape index (κ3) is 5.14. The summed E-state index contributed by atoms with van der Waals surface area (Å²) in [5.41, 5.74) is -1.85. The second-order valence-electron chi connectivity index (χ2n) is 5.38. The molecule has 0 atom stereocenters. The Morgan fingerprint density at radius 2 is 1.67 bits per heavy atom. The number of ether oxygens (including phenoxy) is 1. The molecule has 0 aliphatic rings. The molecule has 8 heteroatoms. The van der Waals surface area contributed by atoms with Crippen molar-refractivity contribution in [2.24, 2.45) is 5.41 Å². The molecule has 0 spiro atoms. The molecular formula is C16H20F3NO4. The highest BCUT2D eigenvalue weighted by Crippen LogP contribution is 2.30. The second-order valence-corrected chi connectivity index (χ2v) is 5.38. The third-order valence-corrected chi connectivity index (χ3v) is 3.98. The Bertz CT molecular complexity index is 566. The van der Waals surface area contributed by atoms with E-state index in [-0.39, 0.29) is 12.3 Å². The van der Waals surface area contributed by atoms with Crippen LogP contribution in [0.2, 0.25) is 0 Å². The standard InChI is InChI=1S/C16H20F3NO4/c1-3-15(4-2,14(22)23)10-20-13(21)9-24-12-7-5-11(6-8-12)16(17,18)19/h5-8H,3-4,9-10H2,1-2H3,(H,20,21)(H,22,23). The molecule has 5 nitrogen and oxygen atoms in total. The first-order chi connectivity index (χ1) is 11.1. The van der Waals surface area contributed by atoms with Gasteiger partial charge in [0.15, 0.2) is 6.61 Å². The monoisotopic (exact) mass is 347 g/mol. The maximum Gasteiger partial charge on any atom is 0.416 e. The summed E-state index contributed by atoms with van der Waals surface area (Å²) in [7, 11) is 0. The van der Waals surface area contributed by atoms with Gasteiger partial charge in [-0.3, -0.25) is 9.59 Å². The zero-order chi connectivity index (χ0) is 18.4. The van der Waals surface area contributed by atoms with Crippen molar-refractivity contribution in [1.82, 2.24) is 5.32 Å². The summed E-state index contributed by atoms with van der Waals surface area (Å²) in [4.78, 5) is 23.0. The fourth-order valence-electron chi connectivity index (χ4n) is 2.09. The van der Waals surface area contributed by atoms with Crippen LogP contribution >= 0.6 is 0 Å². The van der Waals surface area contributed by atoms with E-state index in [2.05, 4.69) is 5.32 Å². The first-order valence-corrected chi connectivity index (χ1v) is 7.44. The largest absolute Gasteiger partial charge is 0.484 e. The molecule has 1 rings (SSSR count). The Kier molecular flexibility index (Phi) is 6.62. The number of nitrogens with one attached hydrogen (secondary N) is 1. The van der Waals surface area contributed by atoms with Crippen molar-refractivity contribution >= 4 is 11.9 Å². The van der Waals surface area contributed by atoms with Crippen LogP contribution in [0.15, 0.2) is 24.3 Å². The van der Waals surface area contributed by atoms with E-state index in [0.717, 1.165) is 24.3 Å². The first-order valence-electron chi connectivity index (χ1n) is 7.44. The summed E-state index contributed by atoms with van der Waals surface area (Å²) < 4.78 is 42.4. The average molecular weight is 347 g/mol. The number of hydrogen-bond acceptors (Lipinski definition) is 3. The highest BCUT2D eigenvalue weighted by Gasteiger charge is 2.35. The molecule has 0 aliphatic heterocycles. The summed E-state index contributed by atoms with van der Waals surface area (Å²) in [6.45, 7) is 3.00. The number of carboxylic acid groups (broad SMARTS) is 1. The number of carbonyl (C=O) groups excluding carboxylic acids is 1. The smallest absolute Gasteiger partial charge is 0.416 e. The summed E-state index contributed by atoms with van der Waals surface area (Å²) in [6.07, 6.45) is -3.71. The van der Waals surface area contributed by atoms with Gasteiger partial charge in [-0.2, -0.15) is 13.2 Å². The zero-order valence-electron chi connectivity index (χ0n) is 13.4. The van der Waals surface area contributed by atoms with Gasteiger partial charge >= 0.3 is 12.1 Å². The normalized spacial score (nSPS) is 11.9. The molecule has 1 aromatic rings. The summed E-state index contributed by atoms with van der Waals surface area (Å²) in [6, 6.07) is 3.96. The van der Waals surface area contributed by atoms with Crippen LogP contribution in [0.1, 0.15) is 32.3 Å². The predicted molar refractivity (Wildman–Crippen MR) is 80.6 cm³/mol. The van der Waals surface area contributed by atoms with Gasteiger partial charge < -0.3 is 15.2 Å². The second kappa shape index (κ2) is 8.03. The number of carboxylic acids is 1. The maximum absolute atomic E-state index is 12.4. The Hall–Kier alpha value is -2.25. The van der Waals surface area contributed by atoms with Crippen LogP contribution in [-0.4, -0.2) is 30.1 Å². The minimum absolute atomic E-state index is 0.0372. The molecule has 0 heterocycles. The Morgan fingerprint density at radius 1 is 1.12 bits per heavy atom. The molecule has 24 heavy (non-hydrogen) atoms. The molecule has 2 N–H and O–H groups in total. The maximum atomic E-state index is 12.4. The van der Waals surface area contributed by atoms with E-state index in [1.54, 1.807) is 13.8 Å². The lowest BCUT2D eigenvalue weighted by Gasteiger charge is -2.26. The Labute approximate surface area is 137 Å². The fourth-order valence-corrected chi connectivity index (χ4v) is 2.09. The minimum atomic E-state index is -4.43. The van der Waals surface area contributed by atoms with Crippen molar-refractivity contribution in [1.29, 1.82) is 0 Å². The van der Waals surface area contributed by atoms with Gasteiger partial charge in [0.25, 0.3) is 5.91 Å². The lowest BCUT2D eigenvalue weighted by molar-refractivity contribution is -0.149. The van der Waals surface area contributed by atoms with E-state index in [1.807, 2.05) is 0 Å². The number of benzene rings is 1. The van der Waals surface area contributed by atoms with Crippen molar-refractivity contribution in [2.45, 2.75) is 32.9 Å². The van der Waals surface area contributed by atoms with E-state index < -0.39 is 35.6 Å². The van der Waals surface area contributed by atoms with Crippen LogP contribution in [0.25, 0.3) is 0 Å². The van der Waals surface area contributed by atoms with Crippen molar-refractivity contribution in [3.63, 3.8) is 0 Å². The molecule has 134 valence electrons. The topological polar surface area (TPSA) is 75.6 Å². The van der Waals surface area contributed by atoms with Crippen molar-refractivity contribution in [3.05, 3.63) is 29.8 Å². The van der Waals surface area contributed by atoms with Gasteiger partial charge in [-0.1, -0.05) is 13.8 Å². The van der Waals surface area contributed by atoms with Crippen molar-refractivity contribution in [3.8, 4) is 5.75 Å². The summed E-state index contributed by atoms with van der Waals surface area (Å²) in [5.74, 6) is -1.41. The van der Waals surface area contributed by atoms with Gasteiger partial charge in [0.2, 0.25) is 0 Å². The lowest BCUT2D eigenvalue weighted by Crippen LogP contribution is -2.43. The van der Waals surface area contributed by atoms with E-state index in [9.17, 15) is 27.9 Å². The van der Waals surface area contributed by atoms with Gasteiger partial charge in [0.05, 0.1) is 11.0 Å². The third-order valence-electron chi connectivity index (χ3n) is 3.98. The van der Waals surface area contributed by atoms with E-state index in [0.29, 0.717) is 12.8 Å². The highest BCUT2D eigenvalue weighted by atomic mass is 19.4. The number of aliphatic carboxylic acids is 1. The number of hydrogen-bond donors (Lipinski definition) is 2. The van der Waals surface area contributed by atoms with Crippen LogP contribution in [0.3, 0.4) is 0 Å². The van der Waals surface area contributed by atoms with E-state index in [4.69, 9.17) is 4.74 Å². The summed E-state index contributed by atoms with van der Waals surface area (Å²) >= 11 is 0. The quantitative estimate of drug-likeness (QED) is 0.758. The van der Waals surface area contributed by atoms with Crippen LogP contribution in [-0.2, 0) is 15.8 Å². The van der Waals surface area contributed by atoms with Crippen LogP contribution < -0.4 is 10.1 Å². The predicted octanol–water partition coefficient (Wildman–Crippen LogP) is 3.09. The Morgan fingerprint density at radius 3 is 2.08 bits per heavy atom. The van der Waals surface area contributed by atoms with Gasteiger partial charge in [-0.15, -0.1) is 0 Å². The number of halogens is 3. The van der Waals surface area contributed by atoms with Crippen LogP contribution in [0.5, 0.6) is 5.75 Å². The molecule has 0 radical (unpaired) electrons. The zero-order valence-corrected chi connectivity index (χ0v) is 13.4. The fraction of sp³-hybridized carbons (Fsp3) is 0.500. The molecule has 0 bridgehead atoms. The summed E-state index contributed by atoms with van der Waals surface area (Å²) in [5, 5.41) is 11.7. The molecule has 0 aliphatic carbocycles.